The largest absolute Gasteiger partial charge is 0.477 e. The molecule has 1 fully saturated rings. The van der Waals surface area contributed by atoms with E-state index in [2.05, 4.69) is 31.5 Å². The highest BCUT2D eigenvalue weighted by Gasteiger charge is 2.31. The van der Waals surface area contributed by atoms with Crippen molar-refractivity contribution < 1.29 is 9.53 Å². The lowest BCUT2D eigenvalue weighted by molar-refractivity contribution is -0.124. The second kappa shape index (κ2) is 5.46. The third-order valence-corrected chi connectivity index (χ3v) is 4.02. The molecule has 5 nitrogen and oxygen atoms in total. The molecule has 0 bridgehead atoms. The number of nitrogens with one attached hydrogen (secondary N) is 2. The van der Waals surface area contributed by atoms with E-state index >= 15 is 0 Å². The van der Waals surface area contributed by atoms with Crippen molar-refractivity contribution in [3.63, 3.8) is 0 Å². The van der Waals surface area contributed by atoms with Crippen molar-refractivity contribution in [3.8, 4) is 5.75 Å². The van der Waals surface area contributed by atoms with Crippen molar-refractivity contribution >= 4 is 27.7 Å². The predicted octanol–water partition coefficient (Wildman–Crippen LogP) is 1.93. The zero-order valence-corrected chi connectivity index (χ0v) is 12.1. The first-order chi connectivity index (χ1) is 9.22. The zero-order valence-electron chi connectivity index (χ0n) is 10.5. The Morgan fingerprint density at radius 3 is 3.16 bits per heavy atom. The van der Waals surface area contributed by atoms with Crippen molar-refractivity contribution in [2.45, 2.75) is 25.4 Å². The first-order valence-corrected chi connectivity index (χ1v) is 7.36. The lowest BCUT2D eigenvalue weighted by Crippen LogP contribution is -2.41. The van der Waals surface area contributed by atoms with E-state index in [9.17, 15) is 4.79 Å². The number of rotatable bonds is 2. The molecule has 0 radical (unpaired) electrons. The Bertz CT molecular complexity index is 489. The molecule has 1 aromatic heterocycles. The number of carbonyl (C=O) groups excluding carboxylic acids is 1. The molecule has 0 spiro atoms. The van der Waals surface area contributed by atoms with Gasteiger partial charge >= 0.3 is 0 Å². The Kier molecular flexibility index (Phi) is 3.70. The molecule has 6 heteroatoms. The van der Waals surface area contributed by atoms with Crippen molar-refractivity contribution in [1.29, 1.82) is 0 Å². The summed E-state index contributed by atoms with van der Waals surface area (Å²) in [7, 11) is 0. The monoisotopic (exact) mass is 325 g/mol. The molecule has 0 aromatic carbocycles. The molecule has 2 atom stereocenters. The average molecular weight is 326 g/mol. The minimum absolute atomic E-state index is 0.0938. The van der Waals surface area contributed by atoms with Gasteiger partial charge in [0.2, 0.25) is 0 Å². The molecule has 1 aromatic rings. The molecule has 0 saturated carbocycles. The second-order valence-corrected chi connectivity index (χ2v) is 5.84. The van der Waals surface area contributed by atoms with Crippen molar-refractivity contribution in [2.24, 2.45) is 5.92 Å². The molecule has 3 rings (SSSR count). The van der Waals surface area contributed by atoms with E-state index in [4.69, 9.17) is 4.74 Å². The van der Waals surface area contributed by atoms with Crippen molar-refractivity contribution in [3.05, 3.63) is 16.7 Å². The van der Waals surface area contributed by atoms with Gasteiger partial charge in [-0.15, -0.1) is 0 Å². The van der Waals surface area contributed by atoms with Crippen LogP contribution in [0.25, 0.3) is 0 Å². The van der Waals surface area contributed by atoms with E-state index in [0.717, 1.165) is 25.9 Å². The average Bonchev–Trinajstić information content (AvgIpc) is 2.41. The third kappa shape index (κ3) is 2.90. The fraction of sp³-hybridized carbons (Fsp3) is 0.538. The van der Waals surface area contributed by atoms with Gasteiger partial charge in [-0.2, -0.15) is 0 Å². The van der Waals surface area contributed by atoms with E-state index in [-0.39, 0.29) is 5.91 Å². The first-order valence-electron chi connectivity index (χ1n) is 6.57. The summed E-state index contributed by atoms with van der Waals surface area (Å²) in [5, 5.41) is 6.17. The summed E-state index contributed by atoms with van der Waals surface area (Å²) in [6.45, 7) is 2.05. The minimum Gasteiger partial charge on any atom is -0.477 e. The van der Waals surface area contributed by atoms with Crippen LogP contribution in [0.4, 0.5) is 5.82 Å². The molecule has 0 aliphatic carbocycles. The number of piperidine rings is 1. The zero-order chi connectivity index (χ0) is 13.2. The lowest BCUT2D eigenvalue weighted by Gasteiger charge is -2.30. The SMILES string of the molecule is O=C1Nc2nc(Br)ccc2OC1CC1CCCNC1. The lowest BCUT2D eigenvalue weighted by atomic mass is 9.93. The summed E-state index contributed by atoms with van der Waals surface area (Å²) >= 11 is 3.28. The Hall–Kier alpha value is -1.14. The van der Waals surface area contributed by atoms with Crippen LogP contribution < -0.4 is 15.4 Å². The Morgan fingerprint density at radius 2 is 2.37 bits per heavy atom. The van der Waals surface area contributed by atoms with Gasteiger partial charge in [-0.05, 0) is 66.3 Å². The number of aromatic nitrogens is 1. The number of halogens is 1. The topological polar surface area (TPSA) is 63.2 Å². The van der Waals surface area contributed by atoms with E-state index in [0.29, 0.717) is 22.1 Å². The predicted molar refractivity (Wildman–Crippen MR) is 75.2 cm³/mol. The van der Waals surface area contributed by atoms with Gasteiger partial charge in [-0.25, -0.2) is 4.98 Å². The molecule has 2 N–H and O–H groups in total. The highest BCUT2D eigenvalue weighted by atomic mass is 79.9. The molecule has 1 amide bonds. The van der Waals surface area contributed by atoms with Crippen LogP contribution in [0.2, 0.25) is 0 Å². The number of anilines is 1. The van der Waals surface area contributed by atoms with Crippen LogP contribution in [-0.4, -0.2) is 30.1 Å². The van der Waals surface area contributed by atoms with Crippen LogP contribution in [0.3, 0.4) is 0 Å². The van der Waals surface area contributed by atoms with Crippen LogP contribution in [0.5, 0.6) is 5.75 Å². The summed E-state index contributed by atoms with van der Waals surface area (Å²) in [5.41, 5.74) is 0. The van der Waals surface area contributed by atoms with E-state index in [1.54, 1.807) is 0 Å². The van der Waals surface area contributed by atoms with Crippen LogP contribution in [0, 0.1) is 5.92 Å². The van der Waals surface area contributed by atoms with Gasteiger partial charge in [0.25, 0.3) is 5.91 Å². The Balaban J connectivity index is 1.70. The third-order valence-electron chi connectivity index (χ3n) is 3.57. The maximum atomic E-state index is 12.0. The molecule has 3 heterocycles. The van der Waals surface area contributed by atoms with E-state index in [1.165, 1.54) is 6.42 Å². The summed E-state index contributed by atoms with van der Waals surface area (Å²) in [6, 6.07) is 3.65. The standard InChI is InChI=1S/C13H16BrN3O2/c14-11-4-3-9-12(16-11)17-13(18)10(19-9)6-8-2-1-5-15-7-8/h3-4,8,10,15H,1-2,5-7H2,(H,16,17,18). The summed E-state index contributed by atoms with van der Waals surface area (Å²) in [6.07, 6.45) is 2.68. The van der Waals surface area contributed by atoms with Crippen LogP contribution >= 0.6 is 15.9 Å². The van der Waals surface area contributed by atoms with E-state index < -0.39 is 6.10 Å². The number of hydrogen-bond acceptors (Lipinski definition) is 4. The molecule has 2 aliphatic rings. The molecule has 2 unspecified atom stereocenters. The number of fused-ring (bicyclic) bond motifs is 1. The number of nitrogens with zero attached hydrogens (tertiary/aromatic N) is 1. The van der Waals surface area contributed by atoms with Gasteiger partial charge in [0, 0.05) is 0 Å². The molecule has 1 saturated heterocycles. The van der Waals surface area contributed by atoms with Gasteiger partial charge in [-0.3, -0.25) is 4.79 Å². The Morgan fingerprint density at radius 1 is 1.47 bits per heavy atom. The van der Waals surface area contributed by atoms with Crippen LogP contribution in [0.15, 0.2) is 16.7 Å². The molecule has 2 aliphatic heterocycles. The number of amides is 1. The number of ether oxygens (including phenoxy) is 1. The molecular weight excluding hydrogens is 310 g/mol. The number of hydrogen-bond donors (Lipinski definition) is 2. The van der Waals surface area contributed by atoms with Crippen molar-refractivity contribution in [1.82, 2.24) is 10.3 Å². The molecule has 102 valence electrons. The maximum absolute atomic E-state index is 12.0. The molecular formula is C13H16BrN3O2. The smallest absolute Gasteiger partial charge is 0.266 e. The fourth-order valence-electron chi connectivity index (χ4n) is 2.59. The minimum atomic E-state index is -0.402. The van der Waals surface area contributed by atoms with Crippen LogP contribution in [0.1, 0.15) is 19.3 Å². The quantitative estimate of drug-likeness (QED) is 0.816. The van der Waals surface area contributed by atoms with Crippen molar-refractivity contribution in [2.75, 3.05) is 18.4 Å². The summed E-state index contributed by atoms with van der Waals surface area (Å²) in [5.74, 6) is 1.56. The normalized spacial score (nSPS) is 26.3. The molecule has 19 heavy (non-hydrogen) atoms. The Labute approximate surface area is 120 Å². The van der Waals surface area contributed by atoms with Crippen LogP contribution in [-0.2, 0) is 4.79 Å². The summed E-state index contributed by atoms with van der Waals surface area (Å²) in [4.78, 5) is 16.2. The van der Waals surface area contributed by atoms with Gasteiger partial charge in [-0.1, -0.05) is 0 Å². The summed E-state index contributed by atoms with van der Waals surface area (Å²) < 4.78 is 6.46. The van der Waals surface area contributed by atoms with E-state index in [1.807, 2.05) is 12.1 Å². The maximum Gasteiger partial charge on any atom is 0.266 e. The highest BCUT2D eigenvalue weighted by Crippen LogP contribution is 2.31. The first kappa shape index (κ1) is 12.9. The van der Waals surface area contributed by atoms with Gasteiger partial charge in [0.15, 0.2) is 17.7 Å². The second-order valence-electron chi connectivity index (χ2n) is 5.02. The van der Waals surface area contributed by atoms with Gasteiger partial charge < -0.3 is 15.4 Å². The number of pyridine rings is 1. The van der Waals surface area contributed by atoms with Gasteiger partial charge in [0.1, 0.15) is 4.60 Å². The fourth-order valence-corrected chi connectivity index (χ4v) is 2.90. The van der Waals surface area contributed by atoms with Gasteiger partial charge in [0.05, 0.1) is 0 Å². The number of carbonyl (C=O) groups is 1. The highest BCUT2D eigenvalue weighted by molar-refractivity contribution is 9.10.